The molecule has 5 nitrogen and oxygen atoms in total. The number of benzene rings is 1. The van der Waals surface area contributed by atoms with Gasteiger partial charge in [0.2, 0.25) is 15.9 Å². The van der Waals surface area contributed by atoms with Crippen LogP contribution in [0.15, 0.2) is 33.6 Å². The predicted molar refractivity (Wildman–Crippen MR) is 91.8 cm³/mol. The molecule has 0 bridgehead atoms. The van der Waals surface area contributed by atoms with Crippen molar-refractivity contribution in [1.29, 1.82) is 0 Å². The van der Waals surface area contributed by atoms with E-state index in [1.54, 1.807) is 18.2 Å². The first-order valence-electron chi connectivity index (χ1n) is 8.12. The molecule has 25 heavy (non-hydrogen) atoms. The van der Waals surface area contributed by atoms with E-state index in [0.29, 0.717) is 17.4 Å². The number of carbonyl (C=O) groups is 1. The van der Waals surface area contributed by atoms with E-state index in [1.807, 2.05) is 0 Å². The lowest BCUT2D eigenvalue weighted by Crippen LogP contribution is -2.48. The molecule has 1 atom stereocenters. The molecule has 138 valence electrons. The van der Waals surface area contributed by atoms with Crippen LogP contribution >= 0.6 is 15.9 Å². The van der Waals surface area contributed by atoms with Gasteiger partial charge in [0.15, 0.2) is 0 Å². The number of nitrogens with zero attached hydrogens (tertiary/aromatic N) is 2. The average molecular weight is 437 g/mol. The molecule has 0 N–H and O–H groups in total. The highest BCUT2D eigenvalue weighted by Crippen LogP contribution is 2.32. The second-order valence-electron chi connectivity index (χ2n) is 6.50. The highest BCUT2D eigenvalue weighted by atomic mass is 79.9. The zero-order valence-corrected chi connectivity index (χ0v) is 15.9. The third kappa shape index (κ3) is 3.88. The van der Waals surface area contributed by atoms with Crippen LogP contribution in [0.25, 0.3) is 0 Å². The van der Waals surface area contributed by atoms with Crippen LogP contribution in [0.1, 0.15) is 19.3 Å². The van der Waals surface area contributed by atoms with Crippen LogP contribution in [0.3, 0.4) is 0 Å². The molecule has 0 aromatic heterocycles. The first-order chi connectivity index (χ1) is 11.7. The molecule has 2 aliphatic rings. The summed E-state index contributed by atoms with van der Waals surface area (Å²) in [6, 6.07) is 6.49. The monoisotopic (exact) mass is 436 g/mol. The van der Waals surface area contributed by atoms with Gasteiger partial charge in [0.05, 0.1) is 17.4 Å². The predicted octanol–water partition coefficient (Wildman–Crippen LogP) is 2.72. The molecule has 0 aliphatic carbocycles. The highest BCUT2D eigenvalue weighted by molar-refractivity contribution is 9.10. The van der Waals surface area contributed by atoms with Gasteiger partial charge in [-0.3, -0.25) is 4.79 Å². The van der Waals surface area contributed by atoms with Gasteiger partial charge in [0.1, 0.15) is 0 Å². The summed E-state index contributed by atoms with van der Waals surface area (Å²) in [7, 11) is -3.72. The minimum Gasteiger partial charge on any atom is -0.336 e. The topological polar surface area (TPSA) is 57.7 Å². The van der Waals surface area contributed by atoms with Gasteiger partial charge in [-0.1, -0.05) is 12.1 Å². The fraction of sp³-hybridized carbons (Fsp3) is 0.562. The molecular weight excluding hydrogens is 418 g/mol. The number of carbonyl (C=O) groups excluding carboxylic acids is 1. The Balaban J connectivity index is 1.71. The summed E-state index contributed by atoms with van der Waals surface area (Å²) in [4.78, 5) is 13.9. The Morgan fingerprint density at radius 2 is 1.96 bits per heavy atom. The molecule has 9 heteroatoms. The van der Waals surface area contributed by atoms with Crippen molar-refractivity contribution in [3.8, 4) is 0 Å². The lowest BCUT2D eigenvalue weighted by molar-refractivity contribution is -0.145. The van der Waals surface area contributed by atoms with Crippen LogP contribution < -0.4 is 0 Å². The molecule has 1 unspecified atom stereocenters. The van der Waals surface area contributed by atoms with Crippen molar-refractivity contribution < 1.29 is 22.0 Å². The maximum absolute atomic E-state index is 13.5. The molecule has 1 amide bonds. The van der Waals surface area contributed by atoms with E-state index >= 15 is 0 Å². The van der Waals surface area contributed by atoms with Crippen LogP contribution in [0, 0.1) is 5.92 Å². The van der Waals surface area contributed by atoms with Gasteiger partial charge >= 0.3 is 0 Å². The summed E-state index contributed by atoms with van der Waals surface area (Å²) in [5.74, 6) is -3.79. The van der Waals surface area contributed by atoms with Crippen LogP contribution in [-0.2, 0) is 14.8 Å². The van der Waals surface area contributed by atoms with E-state index < -0.39 is 28.4 Å². The van der Waals surface area contributed by atoms with E-state index in [1.165, 1.54) is 15.3 Å². The first-order valence-corrected chi connectivity index (χ1v) is 10.4. The number of likely N-dealkylation sites (tertiary alicyclic amines) is 1. The van der Waals surface area contributed by atoms with Crippen molar-refractivity contribution in [1.82, 2.24) is 9.21 Å². The quantitative estimate of drug-likeness (QED) is 0.731. The van der Waals surface area contributed by atoms with Crippen LogP contribution in [0.5, 0.6) is 0 Å². The van der Waals surface area contributed by atoms with Crippen molar-refractivity contribution >= 4 is 31.9 Å². The van der Waals surface area contributed by atoms with E-state index in [2.05, 4.69) is 15.9 Å². The molecule has 2 heterocycles. The Bertz CT molecular complexity index is 772. The van der Waals surface area contributed by atoms with Gasteiger partial charge in [-0.2, -0.15) is 4.31 Å². The molecule has 1 aromatic carbocycles. The molecule has 0 spiro atoms. The number of halogens is 3. The van der Waals surface area contributed by atoms with Gasteiger partial charge < -0.3 is 4.90 Å². The first kappa shape index (κ1) is 18.7. The van der Waals surface area contributed by atoms with Crippen molar-refractivity contribution in [3.63, 3.8) is 0 Å². The molecule has 0 radical (unpaired) electrons. The fourth-order valence-electron chi connectivity index (χ4n) is 3.35. The van der Waals surface area contributed by atoms with E-state index in [-0.39, 0.29) is 36.7 Å². The van der Waals surface area contributed by atoms with Gasteiger partial charge in [-0.25, -0.2) is 17.2 Å². The Labute approximate surface area is 154 Å². The molecule has 2 saturated heterocycles. The van der Waals surface area contributed by atoms with Crippen molar-refractivity contribution in [2.75, 3.05) is 26.2 Å². The van der Waals surface area contributed by atoms with Crippen LogP contribution in [0.4, 0.5) is 8.78 Å². The number of alkyl halides is 2. The molecule has 3 rings (SSSR count). The summed E-state index contributed by atoms with van der Waals surface area (Å²) >= 11 is 3.23. The summed E-state index contributed by atoms with van der Waals surface area (Å²) in [5, 5.41) is 0. The summed E-state index contributed by atoms with van der Waals surface area (Å²) in [6.45, 7) is -0.0178. The summed E-state index contributed by atoms with van der Waals surface area (Å²) < 4.78 is 54.3. The van der Waals surface area contributed by atoms with Crippen molar-refractivity contribution in [2.24, 2.45) is 5.92 Å². The second kappa shape index (κ2) is 6.92. The van der Waals surface area contributed by atoms with Gasteiger partial charge in [-0.15, -0.1) is 0 Å². The maximum Gasteiger partial charge on any atom is 0.265 e. The Morgan fingerprint density at radius 1 is 1.24 bits per heavy atom. The molecular formula is C16H19BrF2N2O3S. The zero-order chi connectivity index (χ0) is 18.2. The van der Waals surface area contributed by atoms with E-state index in [4.69, 9.17) is 0 Å². The largest absolute Gasteiger partial charge is 0.336 e. The lowest BCUT2D eigenvalue weighted by atomic mass is 10.0. The highest BCUT2D eigenvalue weighted by Gasteiger charge is 2.42. The third-order valence-electron chi connectivity index (χ3n) is 4.66. The zero-order valence-electron chi connectivity index (χ0n) is 13.5. The molecule has 2 fully saturated rings. The molecule has 2 aliphatic heterocycles. The number of hydrogen-bond donors (Lipinski definition) is 0. The maximum atomic E-state index is 13.5. The van der Waals surface area contributed by atoms with Crippen LogP contribution in [-0.4, -0.2) is 55.6 Å². The minimum atomic E-state index is -3.72. The minimum absolute atomic E-state index is 0.0323. The van der Waals surface area contributed by atoms with Crippen LogP contribution in [0.2, 0.25) is 0 Å². The summed E-state index contributed by atoms with van der Waals surface area (Å²) in [6.07, 6.45) is 0.416. The molecule has 0 saturated carbocycles. The van der Waals surface area contributed by atoms with E-state index in [0.717, 1.165) is 0 Å². The van der Waals surface area contributed by atoms with Crippen molar-refractivity contribution in [3.05, 3.63) is 28.7 Å². The standard InChI is InChI=1S/C16H19BrF2N2O3S/c17-13-4-1-2-5-14(13)25(23,24)21-9-6-12(10-21)15(22)20-8-3-7-16(18,19)11-20/h1-2,4-5,12H,3,6-11H2. The smallest absolute Gasteiger partial charge is 0.265 e. The van der Waals surface area contributed by atoms with E-state index in [9.17, 15) is 22.0 Å². The number of hydrogen-bond acceptors (Lipinski definition) is 3. The number of piperidine rings is 1. The Kier molecular flexibility index (Phi) is 5.18. The lowest BCUT2D eigenvalue weighted by Gasteiger charge is -2.34. The average Bonchev–Trinajstić information content (AvgIpc) is 3.04. The van der Waals surface area contributed by atoms with Gasteiger partial charge in [-0.05, 0) is 40.9 Å². The Morgan fingerprint density at radius 3 is 2.64 bits per heavy atom. The Hall–Kier alpha value is -1.06. The second-order valence-corrected chi connectivity index (χ2v) is 9.26. The summed E-state index contributed by atoms with van der Waals surface area (Å²) in [5.41, 5.74) is 0. The van der Waals surface area contributed by atoms with Crippen molar-refractivity contribution in [2.45, 2.75) is 30.1 Å². The number of sulfonamides is 1. The normalized spacial score (nSPS) is 24.4. The third-order valence-corrected chi connectivity index (χ3v) is 7.54. The number of rotatable bonds is 3. The van der Waals surface area contributed by atoms with Gasteiger partial charge in [0, 0.05) is 30.5 Å². The number of amides is 1. The molecule has 1 aromatic rings. The fourth-order valence-corrected chi connectivity index (χ4v) is 5.82. The van der Waals surface area contributed by atoms with Gasteiger partial charge in [0.25, 0.3) is 5.92 Å². The SMILES string of the molecule is O=C(C1CCN(S(=O)(=O)c2ccccc2Br)C1)N1CCCC(F)(F)C1.